The van der Waals surface area contributed by atoms with E-state index in [1.165, 1.54) is 31.4 Å². The molecule has 2 N–H and O–H groups in total. The summed E-state index contributed by atoms with van der Waals surface area (Å²) < 4.78 is 6.13. The first kappa shape index (κ1) is 13.7. The molecule has 3 nitrogen and oxygen atoms in total. The quantitative estimate of drug-likeness (QED) is 0.916. The Hall–Kier alpha value is -1.22. The number of ether oxygens (including phenoxy) is 1. The van der Waals surface area contributed by atoms with Crippen LogP contribution in [-0.4, -0.2) is 25.7 Å². The molecule has 0 amide bonds. The van der Waals surface area contributed by atoms with Crippen LogP contribution in [0.4, 0.5) is 5.69 Å². The third kappa shape index (κ3) is 3.26. The second kappa shape index (κ2) is 6.49. The first-order valence-electron chi connectivity index (χ1n) is 8.05. The number of hydrogen-bond donors (Lipinski definition) is 1. The monoisotopic (exact) mass is 274 g/mol. The highest BCUT2D eigenvalue weighted by molar-refractivity contribution is 5.58. The molecule has 3 heteroatoms. The summed E-state index contributed by atoms with van der Waals surface area (Å²) in [6.45, 7) is 2.97. The van der Waals surface area contributed by atoms with Crippen molar-refractivity contribution in [3.05, 3.63) is 24.3 Å². The first-order chi connectivity index (χ1) is 9.83. The summed E-state index contributed by atoms with van der Waals surface area (Å²) in [6.07, 6.45) is 7.58. The molecular weight excluding hydrogens is 248 g/mol. The summed E-state index contributed by atoms with van der Waals surface area (Å²) in [5.74, 6) is 1.81. The van der Waals surface area contributed by atoms with Gasteiger partial charge in [-0.2, -0.15) is 0 Å². The number of nitrogens with two attached hydrogens (primary N) is 1. The second-order valence-corrected chi connectivity index (χ2v) is 6.25. The molecule has 2 fully saturated rings. The van der Waals surface area contributed by atoms with E-state index in [2.05, 4.69) is 29.2 Å². The minimum atomic E-state index is 0.373. The van der Waals surface area contributed by atoms with Crippen molar-refractivity contribution in [2.45, 2.75) is 44.6 Å². The van der Waals surface area contributed by atoms with Crippen LogP contribution in [0, 0.1) is 5.92 Å². The second-order valence-electron chi connectivity index (χ2n) is 6.25. The molecule has 1 aliphatic heterocycles. The Bertz CT molecular complexity index is 421. The van der Waals surface area contributed by atoms with Gasteiger partial charge >= 0.3 is 0 Å². The fourth-order valence-electron chi connectivity index (χ4n) is 3.37. The normalized spacial score (nSPS) is 21.4. The molecule has 0 aromatic heterocycles. The number of rotatable bonds is 4. The largest absolute Gasteiger partial charge is 0.491 e. The Labute approximate surface area is 122 Å². The zero-order valence-corrected chi connectivity index (χ0v) is 12.3. The predicted molar refractivity (Wildman–Crippen MR) is 83.3 cm³/mol. The smallest absolute Gasteiger partial charge is 0.142 e. The van der Waals surface area contributed by atoms with Crippen LogP contribution in [0.1, 0.15) is 38.5 Å². The minimum Gasteiger partial charge on any atom is -0.491 e. The van der Waals surface area contributed by atoms with E-state index >= 15 is 0 Å². The lowest BCUT2D eigenvalue weighted by atomic mass is 10.1. The Morgan fingerprint density at radius 3 is 2.50 bits per heavy atom. The van der Waals surface area contributed by atoms with Gasteiger partial charge < -0.3 is 15.4 Å². The van der Waals surface area contributed by atoms with E-state index in [0.717, 1.165) is 44.2 Å². The van der Waals surface area contributed by atoms with Crippen LogP contribution >= 0.6 is 0 Å². The minimum absolute atomic E-state index is 0.373. The third-order valence-electron chi connectivity index (χ3n) is 4.69. The maximum atomic E-state index is 6.13. The molecule has 20 heavy (non-hydrogen) atoms. The van der Waals surface area contributed by atoms with Crippen molar-refractivity contribution in [2.24, 2.45) is 11.7 Å². The van der Waals surface area contributed by atoms with Gasteiger partial charge in [0, 0.05) is 19.1 Å². The number of nitrogens with zero attached hydrogens (tertiary/aromatic N) is 1. The number of benzene rings is 1. The lowest BCUT2D eigenvalue weighted by molar-refractivity contribution is 0.252. The van der Waals surface area contributed by atoms with Gasteiger partial charge in [0.1, 0.15) is 5.75 Å². The van der Waals surface area contributed by atoms with Crippen LogP contribution in [-0.2, 0) is 0 Å². The lowest BCUT2D eigenvalue weighted by Gasteiger charge is -2.33. The SMILES string of the molecule is NC1CCN(c2ccccc2OCC2CCCC2)CC1. The van der Waals surface area contributed by atoms with Gasteiger partial charge in [0.05, 0.1) is 12.3 Å². The van der Waals surface area contributed by atoms with Crippen LogP contribution in [0.3, 0.4) is 0 Å². The Balaban J connectivity index is 1.64. The average molecular weight is 274 g/mol. The van der Waals surface area contributed by atoms with Crippen molar-refractivity contribution < 1.29 is 4.74 Å². The van der Waals surface area contributed by atoms with Crippen molar-refractivity contribution in [3.8, 4) is 5.75 Å². The van der Waals surface area contributed by atoms with E-state index in [1.807, 2.05) is 0 Å². The summed E-state index contributed by atoms with van der Waals surface area (Å²) in [5, 5.41) is 0. The molecule has 3 rings (SSSR count). The summed E-state index contributed by atoms with van der Waals surface area (Å²) >= 11 is 0. The van der Waals surface area contributed by atoms with Gasteiger partial charge in [-0.25, -0.2) is 0 Å². The fraction of sp³-hybridized carbons (Fsp3) is 0.647. The molecule has 0 bridgehead atoms. The van der Waals surface area contributed by atoms with Gasteiger partial charge in [-0.05, 0) is 43.7 Å². The van der Waals surface area contributed by atoms with Crippen LogP contribution in [0.2, 0.25) is 0 Å². The topological polar surface area (TPSA) is 38.5 Å². The molecule has 0 spiro atoms. The van der Waals surface area contributed by atoms with E-state index < -0.39 is 0 Å². The summed E-state index contributed by atoms with van der Waals surface area (Å²) in [5.41, 5.74) is 7.24. The van der Waals surface area contributed by atoms with E-state index in [0.29, 0.717) is 6.04 Å². The van der Waals surface area contributed by atoms with Gasteiger partial charge in [0.15, 0.2) is 0 Å². The standard InChI is InChI=1S/C17H26N2O/c18-15-9-11-19(12-10-15)16-7-3-4-8-17(16)20-13-14-5-1-2-6-14/h3-4,7-8,14-15H,1-2,5-6,9-13,18H2. The summed E-state index contributed by atoms with van der Waals surface area (Å²) in [6, 6.07) is 8.84. The van der Waals surface area contributed by atoms with Crippen LogP contribution in [0.5, 0.6) is 5.75 Å². The number of hydrogen-bond acceptors (Lipinski definition) is 3. The Morgan fingerprint density at radius 2 is 1.75 bits per heavy atom. The van der Waals surface area contributed by atoms with Crippen molar-refractivity contribution in [2.75, 3.05) is 24.6 Å². The molecule has 0 atom stereocenters. The van der Waals surface area contributed by atoms with Crippen molar-refractivity contribution in [3.63, 3.8) is 0 Å². The molecule has 1 saturated heterocycles. The van der Waals surface area contributed by atoms with Gasteiger partial charge in [-0.1, -0.05) is 25.0 Å². The number of piperidine rings is 1. The van der Waals surface area contributed by atoms with Gasteiger partial charge in [-0.3, -0.25) is 0 Å². The summed E-state index contributed by atoms with van der Waals surface area (Å²) in [7, 11) is 0. The van der Waals surface area contributed by atoms with Gasteiger partial charge in [0.2, 0.25) is 0 Å². The molecule has 2 aliphatic rings. The number of anilines is 1. The molecule has 1 aromatic carbocycles. The fourth-order valence-corrected chi connectivity index (χ4v) is 3.37. The van der Waals surface area contributed by atoms with Crippen molar-refractivity contribution in [1.29, 1.82) is 0 Å². The zero-order chi connectivity index (χ0) is 13.8. The van der Waals surface area contributed by atoms with Crippen molar-refractivity contribution in [1.82, 2.24) is 0 Å². The van der Waals surface area contributed by atoms with E-state index in [9.17, 15) is 0 Å². The molecule has 0 unspecified atom stereocenters. The highest BCUT2D eigenvalue weighted by Crippen LogP contribution is 2.32. The molecule has 1 aliphatic carbocycles. The maximum Gasteiger partial charge on any atom is 0.142 e. The Morgan fingerprint density at radius 1 is 1.05 bits per heavy atom. The van der Waals surface area contributed by atoms with E-state index in [-0.39, 0.29) is 0 Å². The molecule has 1 aromatic rings. The molecule has 110 valence electrons. The van der Waals surface area contributed by atoms with E-state index in [4.69, 9.17) is 10.5 Å². The predicted octanol–water partition coefficient (Wildman–Crippen LogP) is 3.18. The molecular formula is C17H26N2O. The van der Waals surface area contributed by atoms with Crippen LogP contribution < -0.4 is 15.4 Å². The molecule has 1 heterocycles. The van der Waals surface area contributed by atoms with Crippen molar-refractivity contribution >= 4 is 5.69 Å². The number of para-hydroxylation sites is 2. The average Bonchev–Trinajstić information content (AvgIpc) is 3.00. The van der Waals surface area contributed by atoms with Crippen LogP contribution in [0.15, 0.2) is 24.3 Å². The Kier molecular flexibility index (Phi) is 4.46. The highest BCUT2D eigenvalue weighted by atomic mass is 16.5. The van der Waals surface area contributed by atoms with Gasteiger partial charge in [-0.15, -0.1) is 0 Å². The highest BCUT2D eigenvalue weighted by Gasteiger charge is 2.20. The first-order valence-corrected chi connectivity index (χ1v) is 8.05. The zero-order valence-electron chi connectivity index (χ0n) is 12.3. The summed E-state index contributed by atoms with van der Waals surface area (Å²) in [4.78, 5) is 2.42. The molecule has 0 radical (unpaired) electrons. The van der Waals surface area contributed by atoms with E-state index in [1.54, 1.807) is 0 Å². The van der Waals surface area contributed by atoms with Crippen LogP contribution in [0.25, 0.3) is 0 Å². The third-order valence-corrected chi connectivity index (χ3v) is 4.69. The van der Waals surface area contributed by atoms with Gasteiger partial charge in [0.25, 0.3) is 0 Å². The lowest BCUT2D eigenvalue weighted by Crippen LogP contribution is -2.39. The molecule has 1 saturated carbocycles. The maximum absolute atomic E-state index is 6.13.